The fourth-order valence-electron chi connectivity index (χ4n) is 3.99. The molecule has 0 radical (unpaired) electrons. The lowest BCUT2D eigenvalue weighted by Gasteiger charge is -2.23. The fourth-order valence-corrected chi connectivity index (χ4v) is 5.31. The average molecular weight is 575 g/mol. The Kier molecular flexibility index (Phi) is 8.40. The Morgan fingerprint density at radius 2 is 1.84 bits per heavy atom. The molecule has 3 aromatic rings. The molecule has 1 N–H and O–H groups in total. The second-order valence-electron chi connectivity index (χ2n) is 8.47. The number of amides is 1. The lowest BCUT2D eigenvalue weighted by molar-refractivity contribution is -0.132. The highest BCUT2D eigenvalue weighted by molar-refractivity contribution is 7.17. The number of hydrogen-bond donors (Lipinski definition) is 1. The van der Waals surface area contributed by atoms with Gasteiger partial charge >= 0.3 is 11.9 Å². The maximum absolute atomic E-state index is 13.4. The Bertz CT molecular complexity index is 1430. The number of carbonyl (C=O) groups is 3. The van der Waals surface area contributed by atoms with E-state index in [1.54, 1.807) is 37.3 Å². The highest BCUT2D eigenvalue weighted by Crippen LogP contribution is 2.45. The van der Waals surface area contributed by atoms with Gasteiger partial charge in [0.2, 0.25) is 0 Å². The smallest absolute Gasteiger partial charge is 0.350 e. The molecule has 38 heavy (non-hydrogen) atoms. The molecule has 1 saturated heterocycles. The van der Waals surface area contributed by atoms with E-state index in [2.05, 4.69) is 11.9 Å². The zero-order valence-corrected chi connectivity index (χ0v) is 23.1. The molecule has 1 amide bonds. The zero-order valence-electron chi connectivity index (χ0n) is 20.8. The molecule has 1 aromatic heterocycles. The van der Waals surface area contributed by atoms with Gasteiger partial charge in [-0.25, -0.2) is 9.78 Å². The van der Waals surface area contributed by atoms with E-state index in [0.717, 1.165) is 29.1 Å². The van der Waals surface area contributed by atoms with Gasteiger partial charge in [-0.3, -0.25) is 14.5 Å². The fraction of sp³-hybridized carbons (Fsp3) is 0.259. The van der Waals surface area contributed by atoms with E-state index in [0.29, 0.717) is 29.2 Å². The molecule has 4 rings (SSSR count). The number of rotatable bonds is 8. The molecule has 0 bridgehead atoms. The number of hydrogen-bond acceptors (Lipinski definition) is 8. The Labute approximate surface area is 233 Å². The number of halogens is 2. The van der Waals surface area contributed by atoms with Crippen molar-refractivity contribution in [3.63, 3.8) is 0 Å². The van der Waals surface area contributed by atoms with Crippen molar-refractivity contribution in [2.45, 2.75) is 32.7 Å². The molecule has 1 atom stereocenters. The number of unbranched alkanes of at least 4 members (excludes halogenated alkanes) is 1. The van der Waals surface area contributed by atoms with E-state index in [1.165, 1.54) is 19.2 Å². The summed E-state index contributed by atoms with van der Waals surface area (Å²) < 4.78 is 10.5. The molecular formula is C27H24Cl2N2O6S. The van der Waals surface area contributed by atoms with Gasteiger partial charge in [-0.05, 0) is 55.3 Å². The van der Waals surface area contributed by atoms with Crippen LogP contribution in [0.15, 0.2) is 48.0 Å². The monoisotopic (exact) mass is 574 g/mol. The molecule has 1 aliphatic heterocycles. The van der Waals surface area contributed by atoms with Crippen LogP contribution in [0.2, 0.25) is 10.0 Å². The second-order valence-corrected chi connectivity index (χ2v) is 10.3. The molecule has 2 heterocycles. The van der Waals surface area contributed by atoms with E-state index >= 15 is 0 Å². The third-order valence-electron chi connectivity index (χ3n) is 5.96. The number of carbonyl (C=O) groups excluding carboxylic acids is 3. The number of aliphatic hydroxyl groups is 1. The second kappa shape index (κ2) is 11.6. The van der Waals surface area contributed by atoms with Gasteiger partial charge in [-0.15, -0.1) is 0 Å². The number of thiazole rings is 1. The number of ether oxygens (including phenoxy) is 2. The third-order valence-corrected chi connectivity index (χ3v) is 7.84. The summed E-state index contributed by atoms with van der Waals surface area (Å²) in [4.78, 5) is 44.6. The Balaban J connectivity index is 1.84. The van der Waals surface area contributed by atoms with Gasteiger partial charge in [0, 0.05) is 5.56 Å². The first-order chi connectivity index (χ1) is 18.2. The Morgan fingerprint density at radius 3 is 2.47 bits per heavy atom. The number of Topliss-reactive ketones (excluding diaryl/α,β-unsaturated/α-hetero) is 1. The summed E-state index contributed by atoms with van der Waals surface area (Å²) in [7, 11) is 1.24. The van der Waals surface area contributed by atoms with Crippen molar-refractivity contribution in [1.82, 2.24) is 4.98 Å². The first-order valence-electron chi connectivity index (χ1n) is 11.7. The lowest BCUT2D eigenvalue weighted by atomic mass is 9.95. The number of nitrogens with zero attached hydrogens (tertiary/aromatic N) is 2. The van der Waals surface area contributed by atoms with Gasteiger partial charge in [-0.2, -0.15) is 0 Å². The number of aryl methyl sites for hydroxylation is 1. The highest BCUT2D eigenvalue weighted by atomic mass is 35.5. The topological polar surface area (TPSA) is 106 Å². The summed E-state index contributed by atoms with van der Waals surface area (Å²) in [5, 5.41) is 11.9. The highest BCUT2D eigenvalue weighted by Gasteiger charge is 2.48. The number of esters is 1. The van der Waals surface area contributed by atoms with Crippen LogP contribution >= 0.6 is 34.5 Å². The number of anilines is 1. The van der Waals surface area contributed by atoms with Crippen molar-refractivity contribution in [2.75, 3.05) is 18.6 Å². The summed E-state index contributed by atoms with van der Waals surface area (Å²) in [6, 6.07) is 10.2. The molecule has 0 aliphatic carbocycles. The number of aromatic nitrogens is 1. The van der Waals surface area contributed by atoms with Crippen molar-refractivity contribution in [1.29, 1.82) is 0 Å². The van der Waals surface area contributed by atoms with Crippen LogP contribution in [-0.4, -0.2) is 41.5 Å². The number of benzene rings is 2. The summed E-state index contributed by atoms with van der Waals surface area (Å²) in [6.45, 7) is 4.22. The van der Waals surface area contributed by atoms with Gasteiger partial charge in [0.05, 0.1) is 41.1 Å². The van der Waals surface area contributed by atoms with Crippen LogP contribution in [0.3, 0.4) is 0 Å². The zero-order chi connectivity index (χ0) is 27.6. The predicted molar refractivity (Wildman–Crippen MR) is 146 cm³/mol. The lowest BCUT2D eigenvalue weighted by Crippen LogP contribution is -2.29. The van der Waals surface area contributed by atoms with Crippen molar-refractivity contribution in [2.24, 2.45) is 0 Å². The van der Waals surface area contributed by atoms with Crippen molar-refractivity contribution >= 4 is 63.1 Å². The van der Waals surface area contributed by atoms with E-state index in [4.69, 9.17) is 32.7 Å². The summed E-state index contributed by atoms with van der Waals surface area (Å²) in [6.07, 6.45) is 1.90. The van der Waals surface area contributed by atoms with Gasteiger partial charge in [0.1, 0.15) is 16.4 Å². The van der Waals surface area contributed by atoms with Crippen LogP contribution in [0, 0.1) is 6.92 Å². The van der Waals surface area contributed by atoms with Crippen molar-refractivity contribution in [3.05, 3.63) is 79.8 Å². The first kappa shape index (κ1) is 27.6. The van der Waals surface area contributed by atoms with E-state index in [9.17, 15) is 19.5 Å². The van der Waals surface area contributed by atoms with Gasteiger partial charge in [0.25, 0.3) is 5.78 Å². The maximum atomic E-state index is 13.4. The minimum absolute atomic E-state index is 0.0970. The SMILES string of the molecule is CCCCOc1ccc(/C(O)=C2\C(=O)C(=O)N(c3nc(C)c(C(=O)OC)s3)C2c2ccc(Cl)c(Cl)c2)cc1. The third kappa shape index (κ3) is 5.27. The van der Waals surface area contributed by atoms with Crippen LogP contribution in [0.4, 0.5) is 5.13 Å². The van der Waals surface area contributed by atoms with Crippen molar-refractivity contribution in [3.8, 4) is 5.75 Å². The van der Waals surface area contributed by atoms with E-state index < -0.39 is 23.7 Å². The van der Waals surface area contributed by atoms with Crippen LogP contribution in [0.5, 0.6) is 5.75 Å². The number of aliphatic hydroxyl groups excluding tert-OH is 1. The quantitative estimate of drug-likeness (QED) is 0.110. The summed E-state index contributed by atoms with van der Waals surface area (Å²) >= 11 is 13.3. The predicted octanol–water partition coefficient (Wildman–Crippen LogP) is 6.35. The molecule has 1 fully saturated rings. The van der Waals surface area contributed by atoms with Crippen LogP contribution in [0.25, 0.3) is 5.76 Å². The molecule has 8 nitrogen and oxygen atoms in total. The van der Waals surface area contributed by atoms with E-state index in [-0.39, 0.29) is 31.4 Å². The molecule has 1 aliphatic rings. The van der Waals surface area contributed by atoms with Crippen LogP contribution in [-0.2, 0) is 14.3 Å². The normalized spacial score (nSPS) is 16.7. The molecule has 0 saturated carbocycles. The van der Waals surface area contributed by atoms with Crippen LogP contribution in [0.1, 0.15) is 52.3 Å². The molecular weight excluding hydrogens is 551 g/mol. The maximum Gasteiger partial charge on any atom is 0.350 e. The Morgan fingerprint density at radius 1 is 1.13 bits per heavy atom. The Hall–Kier alpha value is -3.40. The first-order valence-corrected chi connectivity index (χ1v) is 13.3. The molecule has 0 spiro atoms. The summed E-state index contributed by atoms with van der Waals surface area (Å²) in [5.41, 5.74) is 0.930. The molecule has 11 heteroatoms. The van der Waals surface area contributed by atoms with Gasteiger partial charge < -0.3 is 14.6 Å². The molecule has 1 unspecified atom stereocenters. The minimum atomic E-state index is -1.08. The average Bonchev–Trinajstić information content (AvgIpc) is 3.42. The number of methoxy groups -OCH3 is 1. The van der Waals surface area contributed by atoms with Gasteiger partial charge in [-0.1, -0.05) is 53.9 Å². The standard InChI is InChI=1S/C27H24Cl2N2O6S/c1-4-5-12-37-17-9-6-15(7-10-17)22(32)20-21(16-8-11-18(28)19(29)13-16)31(25(34)23(20)33)27-30-14(2)24(38-27)26(35)36-3/h6-11,13,21,32H,4-5,12H2,1-3H3/b22-20+. The summed E-state index contributed by atoms with van der Waals surface area (Å²) in [5.74, 6) is -2.19. The van der Waals surface area contributed by atoms with Gasteiger partial charge in [0.15, 0.2) is 5.13 Å². The molecule has 2 aromatic carbocycles. The van der Waals surface area contributed by atoms with Crippen molar-refractivity contribution < 1.29 is 29.0 Å². The van der Waals surface area contributed by atoms with Crippen LogP contribution < -0.4 is 9.64 Å². The minimum Gasteiger partial charge on any atom is -0.507 e. The number of ketones is 1. The van der Waals surface area contributed by atoms with E-state index in [1.807, 2.05) is 0 Å². The largest absolute Gasteiger partial charge is 0.507 e. The molecule has 198 valence electrons.